The van der Waals surface area contributed by atoms with Crippen molar-refractivity contribution in [3.63, 3.8) is 0 Å². The van der Waals surface area contributed by atoms with Gasteiger partial charge in [0.2, 0.25) is 0 Å². The lowest BCUT2D eigenvalue weighted by Crippen LogP contribution is -2.29. The second-order valence-corrected chi connectivity index (χ2v) is 6.03. The van der Waals surface area contributed by atoms with E-state index in [4.69, 9.17) is 0 Å². The lowest BCUT2D eigenvalue weighted by molar-refractivity contribution is -0.147. The van der Waals surface area contributed by atoms with Gasteiger partial charge in [0, 0.05) is 0 Å². The fourth-order valence-electron chi connectivity index (χ4n) is 3.66. The van der Waals surface area contributed by atoms with E-state index in [1.165, 1.54) is 25.7 Å². The molecule has 0 bridgehead atoms. The first kappa shape index (κ1) is 11.0. The first-order valence-corrected chi connectivity index (χ1v) is 6.24. The highest BCUT2D eigenvalue weighted by Gasteiger charge is 2.69. The highest BCUT2D eigenvalue weighted by molar-refractivity contribution is 5.80. The lowest BCUT2D eigenvalue weighted by Gasteiger charge is -2.25. The van der Waals surface area contributed by atoms with Crippen molar-refractivity contribution in [3.05, 3.63) is 0 Å². The van der Waals surface area contributed by atoms with Gasteiger partial charge in [0.1, 0.15) is 0 Å². The molecule has 86 valence electrons. The highest BCUT2D eigenvalue weighted by Crippen LogP contribution is 2.69. The molecule has 2 aliphatic rings. The van der Waals surface area contributed by atoms with Crippen molar-refractivity contribution in [1.82, 2.24) is 0 Å². The number of carboxylic acid groups (broad SMARTS) is 1. The van der Waals surface area contributed by atoms with Crippen LogP contribution in [0.15, 0.2) is 0 Å². The summed E-state index contributed by atoms with van der Waals surface area (Å²) in [5.41, 5.74) is -0.342. The third kappa shape index (κ3) is 1.58. The first-order chi connectivity index (χ1) is 7.01. The summed E-state index contributed by atoms with van der Waals surface area (Å²) >= 11 is 0. The maximum Gasteiger partial charge on any atom is 0.310 e. The topological polar surface area (TPSA) is 37.3 Å². The molecular formula is C13H22O2. The van der Waals surface area contributed by atoms with Crippen LogP contribution in [0.4, 0.5) is 0 Å². The van der Waals surface area contributed by atoms with Crippen LogP contribution < -0.4 is 0 Å². The van der Waals surface area contributed by atoms with E-state index in [0.29, 0.717) is 5.92 Å². The molecule has 2 rings (SSSR count). The maximum absolute atomic E-state index is 11.5. The van der Waals surface area contributed by atoms with E-state index in [2.05, 4.69) is 13.8 Å². The van der Waals surface area contributed by atoms with Crippen LogP contribution in [0, 0.1) is 16.7 Å². The minimum atomic E-state index is -0.542. The number of rotatable bonds is 2. The van der Waals surface area contributed by atoms with Gasteiger partial charge in [-0.1, -0.05) is 39.5 Å². The molecule has 1 N–H and O–H groups in total. The van der Waals surface area contributed by atoms with Crippen molar-refractivity contribution in [2.75, 3.05) is 0 Å². The molecule has 0 aliphatic heterocycles. The lowest BCUT2D eigenvalue weighted by atomic mass is 9.78. The summed E-state index contributed by atoms with van der Waals surface area (Å²) in [6.07, 6.45) is 8.22. The number of hydrogen-bond donors (Lipinski definition) is 1. The summed E-state index contributed by atoms with van der Waals surface area (Å²) in [6, 6.07) is 0. The van der Waals surface area contributed by atoms with Crippen LogP contribution in [0.3, 0.4) is 0 Å². The Labute approximate surface area is 92.1 Å². The Kier molecular flexibility index (Phi) is 2.56. The minimum Gasteiger partial charge on any atom is -0.481 e. The van der Waals surface area contributed by atoms with Gasteiger partial charge in [0.25, 0.3) is 0 Å². The number of hydrogen-bond acceptors (Lipinski definition) is 1. The quantitative estimate of drug-likeness (QED) is 0.709. The smallest absolute Gasteiger partial charge is 0.310 e. The summed E-state index contributed by atoms with van der Waals surface area (Å²) in [5, 5.41) is 9.48. The van der Waals surface area contributed by atoms with Gasteiger partial charge in [-0.05, 0) is 30.6 Å². The molecule has 0 radical (unpaired) electrons. The largest absolute Gasteiger partial charge is 0.481 e. The number of carboxylic acids is 1. The van der Waals surface area contributed by atoms with E-state index in [1.807, 2.05) is 0 Å². The van der Waals surface area contributed by atoms with Gasteiger partial charge in [0.15, 0.2) is 0 Å². The molecule has 0 saturated heterocycles. The summed E-state index contributed by atoms with van der Waals surface area (Å²) < 4.78 is 0. The maximum atomic E-state index is 11.5. The van der Waals surface area contributed by atoms with Gasteiger partial charge in [-0.3, -0.25) is 4.79 Å². The molecule has 0 spiro atoms. The second-order valence-electron chi connectivity index (χ2n) is 6.03. The fraction of sp³-hybridized carbons (Fsp3) is 0.923. The molecule has 1 unspecified atom stereocenters. The van der Waals surface area contributed by atoms with Crippen molar-refractivity contribution < 1.29 is 9.90 Å². The summed E-state index contributed by atoms with van der Waals surface area (Å²) in [6.45, 7) is 4.23. The van der Waals surface area contributed by atoms with Crippen molar-refractivity contribution in [2.45, 2.75) is 58.8 Å². The molecule has 0 aromatic carbocycles. The molecule has 0 aromatic rings. The van der Waals surface area contributed by atoms with Crippen molar-refractivity contribution in [3.8, 4) is 0 Å². The first-order valence-electron chi connectivity index (χ1n) is 6.24. The standard InChI is InChI=1S/C13H22O2/c1-12(2)9-13(12,11(14)15)10-7-5-3-4-6-8-10/h10H,3-9H2,1-2H3,(H,14,15). The van der Waals surface area contributed by atoms with Gasteiger partial charge in [0.05, 0.1) is 5.41 Å². The van der Waals surface area contributed by atoms with Gasteiger partial charge in [-0.15, -0.1) is 0 Å². The van der Waals surface area contributed by atoms with Crippen molar-refractivity contribution in [2.24, 2.45) is 16.7 Å². The Hall–Kier alpha value is -0.530. The molecule has 2 nitrogen and oxygen atoms in total. The molecule has 1 atom stereocenters. The molecule has 2 heteroatoms. The SMILES string of the molecule is CC1(C)CC1(C(=O)O)C1CCCCCC1. The predicted molar refractivity (Wildman–Crippen MR) is 59.7 cm³/mol. The summed E-state index contributed by atoms with van der Waals surface area (Å²) in [7, 11) is 0. The zero-order valence-electron chi connectivity index (χ0n) is 9.88. The third-order valence-electron chi connectivity index (χ3n) is 4.74. The van der Waals surface area contributed by atoms with Gasteiger partial charge in [-0.2, -0.15) is 0 Å². The van der Waals surface area contributed by atoms with Crippen LogP contribution in [-0.4, -0.2) is 11.1 Å². The third-order valence-corrected chi connectivity index (χ3v) is 4.74. The fourth-order valence-corrected chi connectivity index (χ4v) is 3.66. The van der Waals surface area contributed by atoms with Gasteiger partial charge < -0.3 is 5.11 Å². The molecule has 15 heavy (non-hydrogen) atoms. The van der Waals surface area contributed by atoms with E-state index in [9.17, 15) is 9.90 Å². The predicted octanol–water partition coefficient (Wildman–Crippen LogP) is 3.46. The molecule has 0 heterocycles. The Morgan fingerprint density at radius 2 is 1.60 bits per heavy atom. The van der Waals surface area contributed by atoms with E-state index in [-0.39, 0.29) is 10.8 Å². The number of carbonyl (C=O) groups is 1. The van der Waals surface area contributed by atoms with Crippen LogP contribution in [0.2, 0.25) is 0 Å². The monoisotopic (exact) mass is 210 g/mol. The van der Waals surface area contributed by atoms with Crippen molar-refractivity contribution >= 4 is 5.97 Å². The average Bonchev–Trinajstić information content (AvgIpc) is 2.80. The van der Waals surface area contributed by atoms with E-state index >= 15 is 0 Å². The van der Waals surface area contributed by atoms with Gasteiger partial charge in [-0.25, -0.2) is 0 Å². The van der Waals surface area contributed by atoms with Crippen LogP contribution >= 0.6 is 0 Å². The van der Waals surface area contributed by atoms with E-state index in [0.717, 1.165) is 19.3 Å². The van der Waals surface area contributed by atoms with Crippen LogP contribution in [0.5, 0.6) is 0 Å². The highest BCUT2D eigenvalue weighted by atomic mass is 16.4. The summed E-state index contributed by atoms with van der Waals surface area (Å²) in [5.74, 6) is -0.105. The zero-order chi connectivity index (χ0) is 11.1. The Balaban J connectivity index is 2.16. The molecule has 0 aromatic heterocycles. The molecular weight excluding hydrogens is 188 g/mol. The second kappa shape index (κ2) is 3.50. The average molecular weight is 210 g/mol. The van der Waals surface area contributed by atoms with E-state index in [1.54, 1.807) is 0 Å². The normalized spacial score (nSPS) is 35.9. The van der Waals surface area contributed by atoms with Crippen LogP contribution in [-0.2, 0) is 4.79 Å². The molecule has 2 aliphatic carbocycles. The molecule has 2 saturated carbocycles. The zero-order valence-corrected chi connectivity index (χ0v) is 9.88. The Morgan fingerprint density at radius 3 is 1.93 bits per heavy atom. The van der Waals surface area contributed by atoms with Gasteiger partial charge >= 0.3 is 5.97 Å². The van der Waals surface area contributed by atoms with E-state index < -0.39 is 5.97 Å². The Morgan fingerprint density at radius 1 is 1.13 bits per heavy atom. The van der Waals surface area contributed by atoms with Crippen LogP contribution in [0.1, 0.15) is 58.8 Å². The van der Waals surface area contributed by atoms with Crippen molar-refractivity contribution in [1.29, 1.82) is 0 Å². The minimum absolute atomic E-state index is 0.0356. The Bertz CT molecular complexity index is 262. The molecule has 0 amide bonds. The summed E-state index contributed by atoms with van der Waals surface area (Å²) in [4.78, 5) is 11.5. The van der Waals surface area contributed by atoms with Crippen LogP contribution in [0.25, 0.3) is 0 Å². The number of aliphatic carboxylic acids is 1. The molecule has 2 fully saturated rings.